The predicted molar refractivity (Wildman–Crippen MR) is 65.6 cm³/mol. The van der Waals surface area contributed by atoms with Crippen molar-refractivity contribution in [1.29, 1.82) is 0 Å². The molecule has 7 nitrogen and oxygen atoms in total. The molecule has 0 fully saturated rings. The van der Waals surface area contributed by atoms with Gasteiger partial charge in [0.2, 0.25) is 5.75 Å². The largest absolute Gasteiger partial charge is 0.415 e. The summed E-state index contributed by atoms with van der Waals surface area (Å²) in [5, 5.41) is 10.9. The number of nitro groups is 1. The molecule has 0 unspecified atom stereocenters. The van der Waals surface area contributed by atoms with Crippen LogP contribution in [0.2, 0.25) is 5.02 Å². The Morgan fingerprint density at radius 1 is 1.32 bits per heavy atom. The maximum atomic E-state index is 10.8. The highest BCUT2D eigenvalue weighted by Crippen LogP contribution is 2.36. The van der Waals surface area contributed by atoms with Gasteiger partial charge in [-0.2, -0.15) is 0 Å². The number of ether oxygens (including phenoxy) is 1. The second kappa shape index (κ2) is 5.40. The van der Waals surface area contributed by atoms with Crippen LogP contribution in [0.3, 0.4) is 0 Å². The van der Waals surface area contributed by atoms with Crippen molar-refractivity contribution in [3.63, 3.8) is 0 Å². The predicted octanol–water partition coefficient (Wildman–Crippen LogP) is 2.64. The summed E-state index contributed by atoms with van der Waals surface area (Å²) in [5.74, 6) is -0.145. The van der Waals surface area contributed by atoms with Gasteiger partial charge in [-0.1, -0.05) is 17.7 Å². The topological polar surface area (TPSA) is 95.2 Å². The fourth-order valence-electron chi connectivity index (χ4n) is 1.27. The second-order valence-electron chi connectivity index (χ2n) is 3.36. The molecular weight excluding hydrogens is 274 g/mol. The molecule has 1 aromatic carbocycles. The van der Waals surface area contributed by atoms with Gasteiger partial charge in [0.25, 0.3) is 0 Å². The van der Waals surface area contributed by atoms with Crippen LogP contribution in [0, 0.1) is 10.1 Å². The van der Waals surface area contributed by atoms with Crippen molar-refractivity contribution in [2.24, 2.45) is 0 Å². The molecule has 19 heavy (non-hydrogen) atoms. The van der Waals surface area contributed by atoms with Gasteiger partial charge in [-0.3, -0.25) is 14.9 Å². The Labute approximate surface area is 112 Å². The summed E-state index contributed by atoms with van der Waals surface area (Å²) in [4.78, 5) is 28.1. The molecule has 0 aliphatic carbocycles. The maximum absolute atomic E-state index is 10.8. The molecule has 0 aliphatic heterocycles. The van der Waals surface area contributed by atoms with Crippen LogP contribution < -0.4 is 4.74 Å². The van der Waals surface area contributed by atoms with Crippen LogP contribution in [0.15, 0.2) is 30.6 Å². The third-order valence-corrected chi connectivity index (χ3v) is 2.42. The summed E-state index contributed by atoms with van der Waals surface area (Å²) in [6.45, 7) is 0. The molecule has 2 rings (SSSR count). The molecule has 2 aromatic rings. The van der Waals surface area contributed by atoms with E-state index in [9.17, 15) is 14.9 Å². The number of carbonyl (C=O) groups is 1. The molecule has 0 spiro atoms. The fourth-order valence-corrected chi connectivity index (χ4v) is 1.48. The van der Waals surface area contributed by atoms with Gasteiger partial charge < -0.3 is 4.74 Å². The Hall–Kier alpha value is -2.54. The zero-order chi connectivity index (χ0) is 13.8. The summed E-state index contributed by atoms with van der Waals surface area (Å²) in [5.41, 5.74) is -0.0310. The summed E-state index contributed by atoms with van der Waals surface area (Å²) in [6, 6.07) is 4.00. The van der Waals surface area contributed by atoms with Crippen LogP contribution in [0.5, 0.6) is 11.8 Å². The second-order valence-corrected chi connectivity index (χ2v) is 3.77. The van der Waals surface area contributed by atoms with Crippen molar-refractivity contribution in [2.45, 2.75) is 0 Å². The molecule has 8 heteroatoms. The zero-order valence-corrected chi connectivity index (χ0v) is 10.1. The summed E-state index contributed by atoms with van der Waals surface area (Å²) >= 11 is 5.84. The van der Waals surface area contributed by atoms with Crippen LogP contribution in [0.4, 0.5) is 5.69 Å². The number of halogens is 1. The van der Waals surface area contributed by atoms with Gasteiger partial charge in [-0.05, 0) is 6.07 Å². The molecule has 0 atom stereocenters. The van der Waals surface area contributed by atoms with Crippen LogP contribution in [0.25, 0.3) is 0 Å². The molecular formula is C11H6ClN3O4. The Morgan fingerprint density at radius 2 is 2.00 bits per heavy atom. The zero-order valence-electron chi connectivity index (χ0n) is 9.32. The lowest BCUT2D eigenvalue weighted by Gasteiger charge is -2.05. The average molecular weight is 280 g/mol. The van der Waals surface area contributed by atoms with Crippen molar-refractivity contribution in [3.05, 3.63) is 51.3 Å². The van der Waals surface area contributed by atoms with Crippen LogP contribution >= 0.6 is 11.6 Å². The highest BCUT2D eigenvalue weighted by atomic mass is 35.5. The number of nitrogens with zero attached hydrogens (tertiary/aromatic N) is 3. The quantitative estimate of drug-likeness (QED) is 0.485. The van der Waals surface area contributed by atoms with E-state index < -0.39 is 4.92 Å². The Balaban J connectivity index is 2.36. The molecule has 0 radical (unpaired) electrons. The lowest BCUT2D eigenvalue weighted by molar-refractivity contribution is -0.385. The minimum absolute atomic E-state index is 0.0669. The highest BCUT2D eigenvalue weighted by Gasteiger charge is 2.19. The maximum Gasteiger partial charge on any atom is 0.322 e. The number of hydrogen-bond acceptors (Lipinski definition) is 6. The molecule has 0 amide bonds. The standard InChI is InChI=1S/C11H6ClN3O4/c12-8-2-1-3-9(15(17)18)10(8)19-11-13-4-7(6-16)5-14-11/h1-6H. The van der Waals surface area contributed by atoms with Crippen LogP contribution in [0.1, 0.15) is 10.4 Å². The van der Waals surface area contributed by atoms with Gasteiger partial charge in [0.05, 0.1) is 15.5 Å². The van der Waals surface area contributed by atoms with E-state index in [0.717, 1.165) is 0 Å². The smallest absolute Gasteiger partial charge is 0.322 e. The molecule has 0 bridgehead atoms. The molecule has 0 N–H and O–H groups in total. The van der Waals surface area contributed by atoms with Gasteiger partial charge in [-0.15, -0.1) is 0 Å². The van der Waals surface area contributed by atoms with E-state index in [-0.39, 0.29) is 28.0 Å². The summed E-state index contributed by atoms with van der Waals surface area (Å²) in [7, 11) is 0. The van der Waals surface area contributed by atoms with Crippen molar-refractivity contribution < 1.29 is 14.5 Å². The number of carbonyl (C=O) groups excluding carboxylic acids is 1. The van der Waals surface area contributed by atoms with E-state index in [0.29, 0.717) is 6.29 Å². The minimum Gasteiger partial charge on any atom is -0.415 e. The van der Waals surface area contributed by atoms with Gasteiger partial charge in [0.15, 0.2) is 6.29 Å². The SMILES string of the molecule is O=Cc1cnc(Oc2c(Cl)cccc2[N+](=O)[O-])nc1. The lowest BCUT2D eigenvalue weighted by atomic mass is 10.3. The van der Waals surface area contributed by atoms with Crippen LogP contribution in [-0.4, -0.2) is 21.2 Å². The van der Waals surface area contributed by atoms with Gasteiger partial charge in [-0.25, -0.2) is 9.97 Å². The number of nitro benzene ring substituents is 1. The monoisotopic (exact) mass is 279 g/mol. The molecule has 96 valence electrons. The Bertz CT molecular complexity index is 630. The van der Waals surface area contributed by atoms with Crippen molar-refractivity contribution in [1.82, 2.24) is 9.97 Å². The number of hydrogen-bond donors (Lipinski definition) is 0. The minimum atomic E-state index is -0.624. The number of benzene rings is 1. The van der Waals surface area contributed by atoms with E-state index >= 15 is 0 Å². The highest BCUT2D eigenvalue weighted by molar-refractivity contribution is 6.32. The summed E-state index contributed by atoms with van der Waals surface area (Å²) in [6.07, 6.45) is 3.04. The van der Waals surface area contributed by atoms with Crippen molar-refractivity contribution in [3.8, 4) is 11.8 Å². The van der Waals surface area contributed by atoms with E-state index in [1.807, 2.05) is 0 Å². The first kappa shape index (κ1) is 12.9. The van der Waals surface area contributed by atoms with Crippen LogP contribution in [-0.2, 0) is 0 Å². The molecule has 0 saturated carbocycles. The normalized spacial score (nSPS) is 9.95. The third kappa shape index (κ3) is 2.83. The van der Waals surface area contributed by atoms with Gasteiger partial charge in [0, 0.05) is 18.5 Å². The van der Waals surface area contributed by atoms with E-state index in [4.69, 9.17) is 16.3 Å². The summed E-state index contributed by atoms with van der Waals surface area (Å²) < 4.78 is 5.19. The average Bonchev–Trinajstić information content (AvgIpc) is 2.41. The van der Waals surface area contributed by atoms with Crippen molar-refractivity contribution in [2.75, 3.05) is 0 Å². The lowest BCUT2D eigenvalue weighted by Crippen LogP contribution is -1.97. The van der Waals surface area contributed by atoms with E-state index in [1.54, 1.807) is 0 Å². The first-order valence-electron chi connectivity index (χ1n) is 5.00. The van der Waals surface area contributed by atoms with Gasteiger partial charge >= 0.3 is 11.7 Å². The third-order valence-electron chi connectivity index (χ3n) is 2.12. The first-order chi connectivity index (χ1) is 9.11. The number of aldehydes is 1. The number of aromatic nitrogens is 2. The number of rotatable bonds is 4. The van der Waals surface area contributed by atoms with E-state index in [2.05, 4.69) is 9.97 Å². The first-order valence-corrected chi connectivity index (χ1v) is 5.37. The van der Waals surface area contributed by atoms with Gasteiger partial charge in [0.1, 0.15) is 0 Å². The fraction of sp³-hybridized carbons (Fsp3) is 0. The van der Waals surface area contributed by atoms with E-state index in [1.165, 1.54) is 30.6 Å². The number of para-hydroxylation sites is 1. The van der Waals surface area contributed by atoms with Crippen molar-refractivity contribution >= 4 is 23.6 Å². The molecule has 0 aliphatic rings. The molecule has 1 heterocycles. The Kier molecular flexibility index (Phi) is 3.67. The Morgan fingerprint density at radius 3 is 2.58 bits per heavy atom. The molecule has 0 saturated heterocycles. The molecule has 1 aromatic heterocycles.